The number of nitrogens with one attached hydrogen (secondary N) is 1. The van der Waals surface area contributed by atoms with Crippen molar-refractivity contribution in [2.45, 2.75) is 39.3 Å². The van der Waals surface area contributed by atoms with Gasteiger partial charge in [0.25, 0.3) is 0 Å². The molecule has 1 rings (SSSR count). The van der Waals surface area contributed by atoms with Gasteiger partial charge in [0, 0.05) is 18.8 Å². The van der Waals surface area contributed by atoms with Crippen LogP contribution in [-0.2, 0) is 11.2 Å². The van der Waals surface area contributed by atoms with Gasteiger partial charge in [0.05, 0.1) is 6.10 Å². The summed E-state index contributed by atoms with van der Waals surface area (Å²) in [5, 5.41) is 3.42. The highest BCUT2D eigenvalue weighted by Gasteiger charge is 2.09. The van der Waals surface area contributed by atoms with Gasteiger partial charge in [-0.15, -0.1) is 0 Å². The summed E-state index contributed by atoms with van der Waals surface area (Å²) in [6, 6.07) is 8.89. The number of rotatable bonds is 5. The third-order valence-corrected chi connectivity index (χ3v) is 2.83. The molecule has 0 aromatic heterocycles. The van der Waals surface area contributed by atoms with Crippen LogP contribution in [0.5, 0.6) is 0 Å². The first-order valence-electron chi connectivity index (χ1n) is 5.55. The third-order valence-electron chi connectivity index (χ3n) is 2.83. The highest BCUT2D eigenvalue weighted by atomic mass is 16.5. The minimum Gasteiger partial charge on any atom is -0.380 e. The molecule has 1 aromatic carbocycles. The lowest BCUT2D eigenvalue weighted by Gasteiger charge is -2.21. The van der Waals surface area contributed by atoms with Gasteiger partial charge in [0.1, 0.15) is 0 Å². The van der Waals surface area contributed by atoms with Gasteiger partial charge in [0.2, 0.25) is 0 Å². The van der Waals surface area contributed by atoms with Crippen LogP contribution in [0, 0.1) is 0 Å². The SMILES string of the molecule is CCc1ccc(NC(C)C(C)OC)cc1. The van der Waals surface area contributed by atoms with Gasteiger partial charge in [-0.05, 0) is 38.0 Å². The summed E-state index contributed by atoms with van der Waals surface area (Å²) < 4.78 is 5.27. The highest BCUT2D eigenvalue weighted by molar-refractivity contribution is 5.45. The fourth-order valence-corrected chi connectivity index (χ4v) is 1.42. The molecule has 0 amide bonds. The number of hydrogen-bond acceptors (Lipinski definition) is 2. The third kappa shape index (κ3) is 3.56. The molecule has 2 atom stereocenters. The van der Waals surface area contributed by atoms with Gasteiger partial charge < -0.3 is 10.1 Å². The van der Waals surface area contributed by atoms with Crippen molar-refractivity contribution in [1.29, 1.82) is 0 Å². The van der Waals surface area contributed by atoms with Crippen LogP contribution in [-0.4, -0.2) is 19.3 Å². The molecular formula is C13H21NO. The molecule has 0 bridgehead atoms. The van der Waals surface area contributed by atoms with E-state index in [2.05, 4.69) is 50.4 Å². The van der Waals surface area contributed by atoms with E-state index in [0.717, 1.165) is 12.1 Å². The Kier molecular flexibility index (Phi) is 4.63. The van der Waals surface area contributed by atoms with Crippen molar-refractivity contribution >= 4 is 5.69 Å². The molecule has 0 heterocycles. The van der Waals surface area contributed by atoms with E-state index in [9.17, 15) is 0 Å². The van der Waals surface area contributed by atoms with Crippen LogP contribution in [0.15, 0.2) is 24.3 Å². The first-order chi connectivity index (χ1) is 7.17. The Morgan fingerprint density at radius 1 is 1.20 bits per heavy atom. The second kappa shape index (κ2) is 5.76. The molecule has 0 aliphatic rings. The summed E-state index contributed by atoms with van der Waals surface area (Å²) in [6.07, 6.45) is 1.31. The number of anilines is 1. The molecule has 2 heteroatoms. The fraction of sp³-hybridized carbons (Fsp3) is 0.538. The maximum atomic E-state index is 5.27. The van der Waals surface area contributed by atoms with E-state index in [1.165, 1.54) is 5.56 Å². The van der Waals surface area contributed by atoms with Gasteiger partial charge in [-0.3, -0.25) is 0 Å². The summed E-state index contributed by atoms with van der Waals surface area (Å²) in [7, 11) is 1.74. The Morgan fingerprint density at radius 2 is 1.80 bits per heavy atom. The fourth-order valence-electron chi connectivity index (χ4n) is 1.42. The predicted octanol–water partition coefficient (Wildman–Crippen LogP) is 3.08. The van der Waals surface area contributed by atoms with Gasteiger partial charge in [-0.2, -0.15) is 0 Å². The lowest BCUT2D eigenvalue weighted by atomic mass is 10.1. The van der Waals surface area contributed by atoms with Crippen molar-refractivity contribution in [3.8, 4) is 0 Å². The van der Waals surface area contributed by atoms with Crippen molar-refractivity contribution < 1.29 is 4.74 Å². The monoisotopic (exact) mass is 207 g/mol. The molecule has 2 unspecified atom stereocenters. The van der Waals surface area contributed by atoms with E-state index >= 15 is 0 Å². The summed E-state index contributed by atoms with van der Waals surface area (Å²) in [5.41, 5.74) is 2.52. The second-order valence-electron chi connectivity index (χ2n) is 3.92. The van der Waals surface area contributed by atoms with Crippen LogP contribution in [0.2, 0.25) is 0 Å². The number of benzene rings is 1. The number of hydrogen-bond donors (Lipinski definition) is 1. The Labute approximate surface area is 92.6 Å². The molecule has 0 saturated carbocycles. The Hall–Kier alpha value is -1.02. The molecule has 0 aliphatic carbocycles. The van der Waals surface area contributed by atoms with Crippen molar-refractivity contribution in [2.24, 2.45) is 0 Å². The summed E-state index contributed by atoms with van der Waals surface area (Å²) >= 11 is 0. The molecule has 1 aromatic rings. The molecule has 84 valence electrons. The van der Waals surface area contributed by atoms with Gasteiger partial charge >= 0.3 is 0 Å². The molecule has 0 radical (unpaired) electrons. The molecule has 0 aliphatic heterocycles. The minimum absolute atomic E-state index is 0.218. The van der Waals surface area contributed by atoms with Crippen molar-refractivity contribution in [2.75, 3.05) is 12.4 Å². The Morgan fingerprint density at radius 3 is 2.27 bits per heavy atom. The van der Waals surface area contributed by atoms with Crippen LogP contribution in [0.3, 0.4) is 0 Å². The largest absolute Gasteiger partial charge is 0.380 e. The minimum atomic E-state index is 0.218. The predicted molar refractivity (Wildman–Crippen MR) is 65.4 cm³/mol. The number of ether oxygens (including phenoxy) is 1. The van der Waals surface area contributed by atoms with Crippen LogP contribution in [0.4, 0.5) is 5.69 Å². The van der Waals surface area contributed by atoms with Crippen LogP contribution < -0.4 is 5.32 Å². The molecule has 0 saturated heterocycles. The van der Waals surface area contributed by atoms with Crippen molar-refractivity contribution in [1.82, 2.24) is 0 Å². The summed E-state index contributed by atoms with van der Waals surface area (Å²) in [5.74, 6) is 0. The maximum absolute atomic E-state index is 5.27. The van der Waals surface area contributed by atoms with E-state index in [1.807, 2.05) is 0 Å². The molecule has 15 heavy (non-hydrogen) atoms. The van der Waals surface area contributed by atoms with E-state index in [-0.39, 0.29) is 6.10 Å². The van der Waals surface area contributed by atoms with Crippen molar-refractivity contribution in [3.63, 3.8) is 0 Å². The zero-order chi connectivity index (χ0) is 11.3. The standard InChI is InChI=1S/C13H21NO/c1-5-12-6-8-13(9-7-12)14-10(2)11(3)15-4/h6-11,14H,5H2,1-4H3. The average molecular weight is 207 g/mol. The molecular weight excluding hydrogens is 186 g/mol. The first-order valence-corrected chi connectivity index (χ1v) is 5.55. The molecule has 0 fully saturated rings. The zero-order valence-electron chi connectivity index (χ0n) is 10.1. The smallest absolute Gasteiger partial charge is 0.0741 e. The molecule has 2 nitrogen and oxygen atoms in total. The maximum Gasteiger partial charge on any atom is 0.0741 e. The van der Waals surface area contributed by atoms with Gasteiger partial charge in [0.15, 0.2) is 0 Å². The van der Waals surface area contributed by atoms with Gasteiger partial charge in [-0.25, -0.2) is 0 Å². The van der Waals surface area contributed by atoms with Crippen LogP contribution >= 0.6 is 0 Å². The number of methoxy groups -OCH3 is 1. The molecule has 1 N–H and O–H groups in total. The van der Waals surface area contributed by atoms with E-state index in [4.69, 9.17) is 4.74 Å². The van der Waals surface area contributed by atoms with E-state index < -0.39 is 0 Å². The summed E-state index contributed by atoms with van der Waals surface area (Å²) in [6.45, 7) is 6.36. The van der Waals surface area contributed by atoms with E-state index in [0.29, 0.717) is 6.04 Å². The first kappa shape index (κ1) is 12.1. The van der Waals surface area contributed by atoms with Crippen LogP contribution in [0.25, 0.3) is 0 Å². The lowest BCUT2D eigenvalue weighted by molar-refractivity contribution is 0.106. The quantitative estimate of drug-likeness (QED) is 0.801. The van der Waals surface area contributed by atoms with E-state index in [1.54, 1.807) is 7.11 Å². The zero-order valence-corrected chi connectivity index (χ0v) is 10.1. The topological polar surface area (TPSA) is 21.3 Å². The van der Waals surface area contributed by atoms with Crippen molar-refractivity contribution in [3.05, 3.63) is 29.8 Å². The summed E-state index contributed by atoms with van der Waals surface area (Å²) in [4.78, 5) is 0. The Bertz CT molecular complexity index is 281. The Balaban J connectivity index is 2.57. The second-order valence-corrected chi connectivity index (χ2v) is 3.92. The number of aryl methyl sites for hydroxylation is 1. The normalized spacial score (nSPS) is 14.7. The molecule has 0 spiro atoms. The average Bonchev–Trinajstić information content (AvgIpc) is 2.29. The highest BCUT2D eigenvalue weighted by Crippen LogP contribution is 2.12. The van der Waals surface area contributed by atoms with Crippen LogP contribution in [0.1, 0.15) is 26.3 Å². The lowest BCUT2D eigenvalue weighted by Crippen LogP contribution is -2.29. The van der Waals surface area contributed by atoms with Gasteiger partial charge in [-0.1, -0.05) is 19.1 Å².